The molecule has 1 aromatic carbocycles. The van der Waals surface area contributed by atoms with E-state index in [0.717, 1.165) is 44.2 Å². The Bertz CT molecular complexity index is 610. The smallest absolute Gasteiger partial charge is 0.416 e. The number of carbonyl (C=O) groups excluding carboxylic acids is 2. The van der Waals surface area contributed by atoms with E-state index < -0.39 is 29.5 Å². The first-order valence-electron chi connectivity index (χ1n) is 8.47. The zero-order valence-corrected chi connectivity index (χ0v) is 14.1. The first-order chi connectivity index (χ1) is 11.8. The summed E-state index contributed by atoms with van der Waals surface area (Å²) in [6, 6.07) is 4.38. The predicted molar refractivity (Wildman–Crippen MR) is 86.8 cm³/mol. The number of benzene rings is 1. The molecule has 1 saturated carbocycles. The maximum absolute atomic E-state index is 12.8. The molecule has 0 heterocycles. The number of esters is 1. The minimum absolute atomic E-state index is 0.0185. The fourth-order valence-corrected chi connectivity index (χ4v) is 3.21. The number of nitrogens with one attached hydrogen (secondary N) is 1. The number of alkyl halides is 3. The second-order valence-electron chi connectivity index (χ2n) is 6.20. The number of ether oxygens (including phenoxy) is 1. The Hall–Kier alpha value is -2.05. The van der Waals surface area contributed by atoms with Gasteiger partial charge in [-0.3, -0.25) is 9.59 Å². The van der Waals surface area contributed by atoms with Gasteiger partial charge in [0.25, 0.3) is 0 Å². The summed E-state index contributed by atoms with van der Waals surface area (Å²) in [5, 5.41) is 2.45. The number of halogens is 3. The Kier molecular flexibility index (Phi) is 6.45. The van der Waals surface area contributed by atoms with Crippen LogP contribution in [0.25, 0.3) is 0 Å². The topological polar surface area (TPSA) is 55.4 Å². The van der Waals surface area contributed by atoms with Gasteiger partial charge in [0.1, 0.15) is 5.92 Å². The summed E-state index contributed by atoms with van der Waals surface area (Å²) in [5.41, 5.74) is -0.833. The molecule has 0 bridgehead atoms. The van der Waals surface area contributed by atoms with Crippen molar-refractivity contribution in [3.8, 4) is 0 Å². The SMILES string of the molecule is CCOC(=O)C(C(=O)Nc1cccc(C(F)(F)F)c1)C1CCCCC1. The van der Waals surface area contributed by atoms with E-state index in [4.69, 9.17) is 4.74 Å². The van der Waals surface area contributed by atoms with Crippen LogP contribution >= 0.6 is 0 Å². The first-order valence-corrected chi connectivity index (χ1v) is 8.47. The molecule has 25 heavy (non-hydrogen) atoms. The van der Waals surface area contributed by atoms with E-state index >= 15 is 0 Å². The van der Waals surface area contributed by atoms with Crippen molar-refractivity contribution in [1.29, 1.82) is 0 Å². The molecular formula is C18H22F3NO3. The van der Waals surface area contributed by atoms with Gasteiger partial charge in [0.2, 0.25) is 5.91 Å². The van der Waals surface area contributed by atoms with Gasteiger partial charge in [-0.2, -0.15) is 13.2 Å². The third kappa shape index (κ3) is 5.21. The third-order valence-electron chi connectivity index (χ3n) is 4.40. The van der Waals surface area contributed by atoms with Gasteiger partial charge in [-0.15, -0.1) is 0 Å². The summed E-state index contributed by atoms with van der Waals surface area (Å²) in [4.78, 5) is 24.8. The highest BCUT2D eigenvalue weighted by molar-refractivity contribution is 6.05. The molecule has 0 aromatic heterocycles. The monoisotopic (exact) mass is 357 g/mol. The van der Waals surface area contributed by atoms with Crippen LogP contribution < -0.4 is 5.32 Å². The van der Waals surface area contributed by atoms with Gasteiger partial charge in [0, 0.05) is 5.69 Å². The number of amides is 1. The molecule has 1 aliphatic carbocycles. The van der Waals surface area contributed by atoms with Crippen LogP contribution in [0.3, 0.4) is 0 Å². The van der Waals surface area contributed by atoms with Gasteiger partial charge in [-0.05, 0) is 43.9 Å². The zero-order chi connectivity index (χ0) is 18.4. The van der Waals surface area contributed by atoms with Crippen molar-refractivity contribution in [1.82, 2.24) is 0 Å². The van der Waals surface area contributed by atoms with Crippen LogP contribution in [0.1, 0.15) is 44.6 Å². The average Bonchev–Trinajstić information content (AvgIpc) is 2.56. The van der Waals surface area contributed by atoms with Crippen LogP contribution in [0.15, 0.2) is 24.3 Å². The van der Waals surface area contributed by atoms with Gasteiger partial charge in [0.05, 0.1) is 12.2 Å². The molecule has 4 nitrogen and oxygen atoms in total. The van der Waals surface area contributed by atoms with Gasteiger partial charge >= 0.3 is 12.1 Å². The molecule has 0 saturated heterocycles. The highest BCUT2D eigenvalue weighted by Gasteiger charge is 2.37. The summed E-state index contributed by atoms with van der Waals surface area (Å²) in [7, 11) is 0. The summed E-state index contributed by atoms with van der Waals surface area (Å²) < 4.78 is 43.4. The second-order valence-corrected chi connectivity index (χ2v) is 6.20. The van der Waals surface area contributed by atoms with Crippen molar-refractivity contribution >= 4 is 17.6 Å². The van der Waals surface area contributed by atoms with E-state index in [1.54, 1.807) is 6.92 Å². The Labute approximate surface area is 144 Å². The number of anilines is 1. The molecule has 1 N–H and O–H groups in total. The average molecular weight is 357 g/mol. The van der Waals surface area contributed by atoms with Crippen LogP contribution in [0.4, 0.5) is 18.9 Å². The Morgan fingerprint density at radius 2 is 1.92 bits per heavy atom. The summed E-state index contributed by atoms with van der Waals surface area (Å²) in [6.45, 7) is 1.80. The lowest BCUT2D eigenvalue weighted by molar-refractivity contribution is -0.153. The van der Waals surface area contributed by atoms with Gasteiger partial charge < -0.3 is 10.1 Å². The van der Waals surface area contributed by atoms with Crippen LogP contribution in [0.5, 0.6) is 0 Å². The van der Waals surface area contributed by atoms with Gasteiger partial charge in [-0.25, -0.2) is 0 Å². The number of rotatable bonds is 5. The molecule has 138 valence electrons. The number of hydrogen-bond acceptors (Lipinski definition) is 3. The van der Waals surface area contributed by atoms with Crippen molar-refractivity contribution in [3.63, 3.8) is 0 Å². The van der Waals surface area contributed by atoms with Gasteiger partial charge in [0.15, 0.2) is 0 Å². The van der Waals surface area contributed by atoms with Crippen molar-refractivity contribution in [2.75, 3.05) is 11.9 Å². The number of hydrogen-bond donors (Lipinski definition) is 1. The predicted octanol–water partition coefficient (Wildman–Crippen LogP) is 4.40. The largest absolute Gasteiger partial charge is 0.465 e. The molecular weight excluding hydrogens is 335 g/mol. The Balaban J connectivity index is 2.17. The normalized spacial score (nSPS) is 17.0. The van der Waals surface area contributed by atoms with Crippen molar-refractivity contribution < 1.29 is 27.5 Å². The third-order valence-corrected chi connectivity index (χ3v) is 4.40. The molecule has 1 unspecified atom stereocenters. The van der Waals surface area contributed by atoms with Crippen LogP contribution in [-0.4, -0.2) is 18.5 Å². The molecule has 1 fully saturated rings. The Morgan fingerprint density at radius 1 is 1.24 bits per heavy atom. The van der Waals surface area contributed by atoms with Gasteiger partial charge in [-0.1, -0.05) is 25.3 Å². The summed E-state index contributed by atoms with van der Waals surface area (Å²) in [5.74, 6) is -2.35. The standard InChI is InChI=1S/C18H22F3NO3/c1-2-25-17(24)15(12-7-4-3-5-8-12)16(23)22-14-10-6-9-13(11-14)18(19,20)21/h6,9-12,15H,2-5,7-8H2,1H3,(H,22,23). The quantitative estimate of drug-likeness (QED) is 0.628. The lowest BCUT2D eigenvalue weighted by Crippen LogP contribution is -2.37. The first kappa shape index (κ1) is 19.3. The van der Waals surface area contributed by atoms with E-state index in [2.05, 4.69) is 5.32 Å². The molecule has 1 aromatic rings. The molecule has 1 aliphatic rings. The molecule has 1 amide bonds. The van der Waals surface area contributed by atoms with E-state index in [1.807, 2.05) is 0 Å². The maximum atomic E-state index is 12.8. The van der Waals surface area contributed by atoms with Crippen LogP contribution in [-0.2, 0) is 20.5 Å². The summed E-state index contributed by atoms with van der Waals surface area (Å²) >= 11 is 0. The molecule has 0 radical (unpaired) electrons. The fourth-order valence-electron chi connectivity index (χ4n) is 3.21. The second kappa shape index (κ2) is 8.36. The van der Waals surface area contributed by atoms with Crippen LogP contribution in [0.2, 0.25) is 0 Å². The maximum Gasteiger partial charge on any atom is 0.416 e. The van der Waals surface area contributed by atoms with E-state index in [-0.39, 0.29) is 18.2 Å². The van der Waals surface area contributed by atoms with E-state index in [9.17, 15) is 22.8 Å². The van der Waals surface area contributed by atoms with E-state index in [1.165, 1.54) is 12.1 Å². The highest BCUT2D eigenvalue weighted by atomic mass is 19.4. The highest BCUT2D eigenvalue weighted by Crippen LogP contribution is 2.33. The van der Waals surface area contributed by atoms with Crippen molar-refractivity contribution in [3.05, 3.63) is 29.8 Å². The zero-order valence-electron chi connectivity index (χ0n) is 14.1. The van der Waals surface area contributed by atoms with Crippen molar-refractivity contribution in [2.45, 2.75) is 45.2 Å². The molecule has 2 rings (SSSR count). The molecule has 7 heteroatoms. The minimum atomic E-state index is -4.50. The minimum Gasteiger partial charge on any atom is -0.465 e. The number of carbonyl (C=O) groups is 2. The lowest BCUT2D eigenvalue weighted by atomic mass is 9.79. The summed E-state index contributed by atoms with van der Waals surface area (Å²) in [6.07, 6.45) is -0.111. The molecule has 0 spiro atoms. The molecule has 1 atom stereocenters. The lowest BCUT2D eigenvalue weighted by Gasteiger charge is -2.28. The Morgan fingerprint density at radius 3 is 2.52 bits per heavy atom. The van der Waals surface area contributed by atoms with E-state index in [0.29, 0.717) is 0 Å². The fraction of sp³-hybridized carbons (Fsp3) is 0.556. The van der Waals surface area contributed by atoms with Crippen molar-refractivity contribution in [2.24, 2.45) is 11.8 Å². The van der Waals surface area contributed by atoms with Crippen LogP contribution in [0, 0.1) is 11.8 Å². The molecule has 0 aliphatic heterocycles.